The molecule has 1 saturated heterocycles. The lowest BCUT2D eigenvalue weighted by molar-refractivity contribution is -0.137. The van der Waals surface area contributed by atoms with E-state index < -0.39 is 34.9 Å². The molecule has 9 nitrogen and oxygen atoms in total. The van der Waals surface area contributed by atoms with Gasteiger partial charge in [-0.2, -0.15) is 13.2 Å². The maximum Gasteiger partial charge on any atom is 0.418 e. The highest BCUT2D eigenvalue weighted by Gasteiger charge is 2.43. The van der Waals surface area contributed by atoms with Gasteiger partial charge in [0.05, 0.1) is 30.5 Å². The number of hydrogen-bond donors (Lipinski definition) is 3. The SMILES string of the molecule is COc1ncc(C(=O)NC2(C(=O)NCc3ccc(Nc4ccc(F)cc4C(F)(F)F)cc3)CCOC2)cn1. The molecule has 2 heterocycles. The number of carbonyl (C=O) groups is 2. The smallest absolute Gasteiger partial charge is 0.418 e. The summed E-state index contributed by atoms with van der Waals surface area (Å²) < 4.78 is 63.3. The fourth-order valence-electron chi connectivity index (χ4n) is 3.80. The van der Waals surface area contributed by atoms with Crippen LogP contribution in [0, 0.1) is 5.82 Å². The Balaban J connectivity index is 1.39. The second-order valence-electron chi connectivity index (χ2n) is 8.49. The number of nitrogens with one attached hydrogen (secondary N) is 3. The van der Waals surface area contributed by atoms with Crippen LogP contribution in [0.2, 0.25) is 0 Å². The van der Waals surface area contributed by atoms with Crippen molar-refractivity contribution in [3.8, 4) is 6.01 Å². The fourth-order valence-corrected chi connectivity index (χ4v) is 3.80. The topological polar surface area (TPSA) is 114 Å². The van der Waals surface area contributed by atoms with Gasteiger partial charge in [0.2, 0.25) is 5.91 Å². The van der Waals surface area contributed by atoms with Crippen molar-refractivity contribution in [2.45, 2.75) is 24.7 Å². The predicted octanol–water partition coefficient (Wildman–Crippen LogP) is 3.59. The zero-order chi connectivity index (χ0) is 27.3. The average molecular weight is 533 g/mol. The first kappa shape index (κ1) is 26.8. The molecule has 1 aliphatic rings. The van der Waals surface area contributed by atoms with Crippen molar-refractivity contribution in [2.75, 3.05) is 25.6 Å². The highest BCUT2D eigenvalue weighted by molar-refractivity contribution is 5.99. The summed E-state index contributed by atoms with van der Waals surface area (Å²) in [6.07, 6.45) is -1.92. The Kier molecular flexibility index (Phi) is 7.76. The second-order valence-corrected chi connectivity index (χ2v) is 8.49. The van der Waals surface area contributed by atoms with E-state index >= 15 is 0 Å². The van der Waals surface area contributed by atoms with Crippen LogP contribution in [0.25, 0.3) is 0 Å². The summed E-state index contributed by atoms with van der Waals surface area (Å²) in [6, 6.07) is 8.77. The van der Waals surface area contributed by atoms with Gasteiger partial charge in [0.15, 0.2) is 0 Å². The summed E-state index contributed by atoms with van der Waals surface area (Å²) in [7, 11) is 1.39. The Morgan fingerprint density at radius 3 is 2.42 bits per heavy atom. The van der Waals surface area contributed by atoms with Gasteiger partial charge >= 0.3 is 12.2 Å². The summed E-state index contributed by atoms with van der Waals surface area (Å²) in [5.74, 6) is -2.00. The summed E-state index contributed by atoms with van der Waals surface area (Å²) in [4.78, 5) is 33.6. The largest absolute Gasteiger partial charge is 0.467 e. The highest BCUT2D eigenvalue weighted by Crippen LogP contribution is 2.36. The Labute approximate surface area is 214 Å². The number of anilines is 2. The van der Waals surface area contributed by atoms with E-state index in [2.05, 4.69) is 25.9 Å². The molecule has 4 rings (SSSR count). The molecule has 200 valence electrons. The van der Waals surface area contributed by atoms with E-state index in [4.69, 9.17) is 9.47 Å². The van der Waals surface area contributed by atoms with Crippen molar-refractivity contribution in [1.29, 1.82) is 0 Å². The van der Waals surface area contributed by atoms with Gasteiger partial charge in [-0.05, 0) is 35.9 Å². The normalized spacial score (nSPS) is 17.1. The standard InChI is InChI=1S/C25H23F4N5O4/c1-37-23-31-12-16(13-32-23)21(35)34-24(8-9-38-14-24)22(36)30-11-15-2-5-18(6-3-15)33-20-7-4-17(26)10-19(20)25(27,28)29/h2-7,10,12-13,33H,8-9,11,14H2,1H3,(H,30,36)(H,34,35). The van der Waals surface area contributed by atoms with E-state index in [1.54, 1.807) is 12.1 Å². The molecular formula is C25H23F4N5O4. The number of nitrogens with zero attached hydrogens (tertiary/aromatic N) is 2. The summed E-state index contributed by atoms with van der Waals surface area (Å²) >= 11 is 0. The number of aromatic nitrogens is 2. The maximum atomic E-state index is 13.3. The van der Waals surface area contributed by atoms with E-state index in [0.717, 1.165) is 12.1 Å². The van der Waals surface area contributed by atoms with Gasteiger partial charge in [-0.1, -0.05) is 12.1 Å². The summed E-state index contributed by atoms with van der Waals surface area (Å²) in [5, 5.41) is 8.12. The van der Waals surface area contributed by atoms with Crippen LogP contribution in [0.3, 0.4) is 0 Å². The van der Waals surface area contributed by atoms with Crippen molar-refractivity contribution in [3.63, 3.8) is 0 Å². The molecule has 0 spiro atoms. The van der Waals surface area contributed by atoms with Crippen molar-refractivity contribution < 1.29 is 36.6 Å². The van der Waals surface area contributed by atoms with Crippen LogP contribution in [0.4, 0.5) is 28.9 Å². The minimum Gasteiger partial charge on any atom is -0.467 e. The number of methoxy groups -OCH3 is 1. The van der Waals surface area contributed by atoms with Crippen LogP contribution < -0.4 is 20.7 Å². The van der Waals surface area contributed by atoms with E-state index in [1.807, 2.05) is 0 Å². The number of halogens is 4. The lowest BCUT2D eigenvalue weighted by Crippen LogP contribution is -2.59. The number of alkyl halides is 3. The first-order chi connectivity index (χ1) is 18.1. The Morgan fingerprint density at radius 1 is 1.11 bits per heavy atom. The first-order valence-electron chi connectivity index (χ1n) is 11.4. The lowest BCUT2D eigenvalue weighted by atomic mass is 9.96. The van der Waals surface area contributed by atoms with E-state index in [0.29, 0.717) is 17.3 Å². The number of hydrogen-bond acceptors (Lipinski definition) is 7. The number of benzene rings is 2. The molecule has 3 N–H and O–H groups in total. The molecule has 2 amide bonds. The molecule has 0 saturated carbocycles. The maximum absolute atomic E-state index is 13.3. The molecule has 1 aromatic heterocycles. The third-order valence-corrected chi connectivity index (χ3v) is 5.86. The van der Waals surface area contributed by atoms with Crippen LogP contribution >= 0.6 is 0 Å². The van der Waals surface area contributed by atoms with Gasteiger partial charge < -0.3 is 25.4 Å². The highest BCUT2D eigenvalue weighted by atomic mass is 19.4. The minimum absolute atomic E-state index is 0.0242. The summed E-state index contributed by atoms with van der Waals surface area (Å²) in [6.45, 7) is 0.340. The molecule has 1 fully saturated rings. The van der Waals surface area contributed by atoms with E-state index in [1.165, 1.54) is 31.6 Å². The van der Waals surface area contributed by atoms with Crippen LogP contribution in [0.1, 0.15) is 27.9 Å². The van der Waals surface area contributed by atoms with Gasteiger partial charge in [-0.15, -0.1) is 0 Å². The van der Waals surface area contributed by atoms with Crippen molar-refractivity contribution >= 4 is 23.2 Å². The van der Waals surface area contributed by atoms with Crippen LogP contribution in [0.15, 0.2) is 54.9 Å². The fraction of sp³-hybridized carbons (Fsp3) is 0.280. The van der Waals surface area contributed by atoms with Crippen molar-refractivity contribution in [3.05, 3.63) is 77.4 Å². The third-order valence-electron chi connectivity index (χ3n) is 5.86. The Morgan fingerprint density at radius 2 is 1.82 bits per heavy atom. The molecule has 1 unspecified atom stereocenters. The van der Waals surface area contributed by atoms with Crippen molar-refractivity contribution in [2.24, 2.45) is 0 Å². The van der Waals surface area contributed by atoms with Crippen LogP contribution in [-0.2, 0) is 22.3 Å². The molecular weight excluding hydrogens is 510 g/mol. The van der Waals surface area contributed by atoms with Crippen LogP contribution in [-0.4, -0.2) is 47.6 Å². The average Bonchev–Trinajstić information content (AvgIpc) is 3.38. The summed E-state index contributed by atoms with van der Waals surface area (Å²) in [5.41, 5.74) is -1.57. The Hall–Kier alpha value is -4.26. The molecule has 2 aromatic carbocycles. The molecule has 1 atom stereocenters. The zero-order valence-electron chi connectivity index (χ0n) is 20.1. The molecule has 3 aromatic rings. The molecule has 0 bridgehead atoms. The number of ether oxygens (including phenoxy) is 2. The second kappa shape index (κ2) is 11.0. The van der Waals surface area contributed by atoms with Gasteiger partial charge in [0, 0.05) is 37.7 Å². The molecule has 1 aliphatic heterocycles. The van der Waals surface area contributed by atoms with E-state index in [9.17, 15) is 27.2 Å². The third kappa shape index (κ3) is 6.17. The number of carbonyl (C=O) groups excluding carboxylic acids is 2. The van der Waals surface area contributed by atoms with E-state index in [-0.39, 0.29) is 43.4 Å². The van der Waals surface area contributed by atoms with Crippen molar-refractivity contribution in [1.82, 2.24) is 20.6 Å². The zero-order valence-corrected chi connectivity index (χ0v) is 20.1. The lowest BCUT2D eigenvalue weighted by Gasteiger charge is -2.27. The number of amides is 2. The molecule has 13 heteroatoms. The quantitative estimate of drug-likeness (QED) is 0.379. The predicted molar refractivity (Wildman–Crippen MR) is 127 cm³/mol. The van der Waals surface area contributed by atoms with Gasteiger partial charge in [-0.25, -0.2) is 14.4 Å². The number of rotatable bonds is 8. The van der Waals surface area contributed by atoms with Gasteiger partial charge in [0.1, 0.15) is 11.4 Å². The Bertz CT molecular complexity index is 1290. The molecule has 38 heavy (non-hydrogen) atoms. The van der Waals surface area contributed by atoms with Gasteiger partial charge in [0.25, 0.3) is 5.91 Å². The molecule has 0 radical (unpaired) electrons. The van der Waals surface area contributed by atoms with Crippen LogP contribution in [0.5, 0.6) is 6.01 Å². The molecule has 0 aliphatic carbocycles. The minimum atomic E-state index is -4.73. The van der Waals surface area contributed by atoms with Gasteiger partial charge in [-0.3, -0.25) is 9.59 Å². The first-order valence-corrected chi connectivity index (χ1v) is 11.4. The monoisotopic (exact) mass is 533 g/mol.